The van der Waals surface area contributed by atoms with Crippen molar-refractivity contribution in [3.63, 3.8) is 0 Å². The van der Waals surface area contributed by atoms with Gasteiger partial charge in [0.25, 0.3) is 34.4 Å². The van der Waals surface area contributed by atoms with Gasteiger partial charge in [0.15, 0.2) is 0 Å². The van der Waals surface area contributed by atoms with Crippen LogP contribution in [0.2, 0.25) is 0 Å². The third kappa shape index (κ3) is 13.8. The van der Waals surface area contributed by atoms with Gasteiger partial charge >= 0.3 is 0 Å². The van der Waals surface area contributed by atoms with E-state index in [1.807, 2.05) is 156 Å². The van der Waals surface area contributed by atoms with E-state index in [9.17, 15) is 33.9 Å². The molecule has 8 aromatic carbocycles. The molecule has 3 atom stereocenters. The summed E-state index contributed by atoms with van der Waals surface area (Å²) in [5.41, 5.74) is 13.4. The molecule has 0 saturated heterocycles. The maximum absolute atomic E-state index is 13.3. The van der Waals surface area contributed by atoms with E-state index in [1.165, 1.54) is 26.2 Å². The first-order valence-electron chi connectivity index (χ1n) is 34.2. The number of fused-ring (bicyclic) bond motifs is 27. The van der Waals surface area contributed by atoms with Gasteiger partial charge in [-0.2, -0.15) is 10.2 Å². The van der Waals surface area contributed by atoms with Crippen molar-refractivity contribution in [3.05, 3.63) is 300 Å². The molecule has 24 heteroatoms. The summed E-state index contributed by atoms with van der Waals surface area (Å²) in [5, 5.41) is 33.4. The quantitative estimate of drug-likeness (QED) is 0.128. The lowest BCUT2D eigenvalue weighted by Gasteiger charge is -2.19. The Balaban J connectivity index is 0.000000126. The van der Waals surface area contributed by atoms with Crippen LogP contribution in [0.4, 0.5) is 17.8 Å². The Morgan fingerprint density at radius 1 is 0.442 bits per heavy atom. The van der Waals surface area contributed by atoms with Crippen molar-refractivity contribution >= 4 is 68.7 Å². The number of ether oxygens (including phenoxy) is 2. The molecular formula is C80H69N15O9. The van der Waals surface area contributed by atoms with E-state index in [4.69, 9.17) is 29.6 Å². The fourth-order valence-electron chi connectivity index (χ4n) is 13.4. The van der Waals surface area contributed by atoms with Crippen molar-refractivity contribution in [3.8, 4) is 34.1 Å². The van der Waals surface area contributed by atoms with E-state index in [2.05, 4.69) is 38.2 Å². The fourth-order valence-corrected chi connectivity index (χ4v) is 13.4. The summed E-state index contributed by atoms with van der Waals surface area (Å²) in [6, 6.07) is 67.9. The highest BCUT2D eigenvalue weighted by Crippen LogP contribution is 2.32. The van der Waals surface area contributed by atoms with Gasteiger partial charge in [-0.25, -0.2) is 29.0 Å². The highest BCUT2D eigenvalue weighted by atomic mass is 16.5. The van der Waals surface area contributed by atoms with Gasteiger partial charge in [0, 0.05) is 64.6 Å². The molecular weight excluding hydrogens is 1310 g/mol. The molecule has 4 N–H and O–H groups in total. The van der Waals surface area contributed by atoms with Crippen LogP contribution in [0, 0.1) is 0 Å². The standard InChI is InChI=1S/2C28H23N5O2.C24H23N5O5/c2*1-2-24-20-9-6-10-21(16-20)27(35)30-28-29-23-11-3-4-12-25(23)32(28)17-18-7-5-8-19(15-18)22-13-14-26(34)33(24)31-22;1-33-18-5-6-20-19(12-18)25-24-26-23(32)16-4-2-3-15(11-16)13-29-22(31)8-7-21(27-29)34-10-9-17(30)14-28(20)24/h2*3-16,24H,2,17H2,1H3,(H,29,30,35);2-8,11-12,17,30H,9-10,13-14H2,1H3,(H,25,26,32)/t2*24-;/m10./s1. The molecule has 3 aliphatic heterocycles. The summed E-state index contributed by atoms with van der Waals surface area (Å²) < 4.78 is 21.1. The number of imidazole rings is 3. The number of methoxy groups -OCH3 is 1. The maximum atomic E-state index is 13.3. The monoisotopic (exact) mass is 1380 g/mol. The molecule has 17 rings (SSSR count). The summed E-state index contributed by atoms with van der Waals surface area (Å²) in [5.74, 6) is 1.35. The second-order valence-electron chi connectivity index (χ2n) is 25.4. The molecule has 0 saturated carbocycles. The number of carbonyl (C=O) groups is 3. The molecule has 1 unspecified atom stereocenters. The van der Waals surface area contributed by atoms with E-state index < -0.39 is 6.10 Å². The minimum atomic E-state index is -0.780. The fraction of sp³-hybridized carbons (Fsp3) is 0.175. The maximum Gasteiger partial charge on any atom is 0.267 e. The normalized spacial score (nSPS) is 15.5. The van der Waals surface area contributed by atoms with Crippen LogP contribution in [0.25, 0.3) is 55.6 Å². The summed E-state index contributed by atoms with van der Waals surface area (Å²) >= 11 is 0. The van der Waals surface area contributed by atoms with Crippen LogP contribution >= 0.6 is 0 Å². The molecule has 0 spiro atoms. The SMILES string of the molecule is CC[C@@H]1c2cccc(c2)C(=O)Nc2nc3ccccc3n2Cc2cccc(c2)-c2ccc(=O)n1n2.CC[C@H]1c2cccc(c2)C(=O)Nc2nc3ccccc3n2Cc2cccc(c2)-c2ccc(=O)n1n2.COc1ccc2c(c1)nc1n2CC(O)CCOc2ccc(=O)n(n2)Cc2cccc(c2)C(=O)N1. The molecule has 16 bridgehead atoms. The number of nitrogens with one attached hydrogen (secondary N) is 3. The first-order valence-corrected chi connectivity index (χ1v) is 34.2. The zero-order valence-electron chi connectivity index (χ0n) is 56.8. The lowest BCUT2D eigenvalue weighted by Crippen LogP contribution is -2.27. The number of aromatic nitrogens is 12. The van der Waals surface area contributed by atoms with Crippen molar-refractivity contribution in [1.82, 2.24) is 58.0 Å². The first-order chi connectivity index (χ1) is 50.7. The smallest absolute Gasteiger partial charge is 0.267 e. The molecule has 3 amide bonds. The first kappa shape index (κ1) is 66.6. The number of rotatable bonds is 3. The van der Waals surface area contributed by atoms with E-state index in [1.54, 1.807) is 78.4 Å². The minimum absolute atomic E-state index is 0.178. The van der Waals surface area contributed by atoms with Gasteiger partial charge in [-0.15, -0.1) is 5.10 Å². The molecule has 24 nitrogen and oxygen atoms in total. The van der Waals surface area contributed by atoms with Gasteiger partial charge in [-0.3, -0.25) is 44.7 Å². The topological polar surface area (TPSA) is 284 Å². The van der Waals surface area contributed by atoms with Crippen LogP contribution in [0.1, 0.15) is 104 Å². The molecule has 0 fully saturated rings. The number of carbonyl (C=O) groups excluding carboxylic acids is 3. The highest BCUT2D eigenvalue weighted by molar-refractivity contribution is 6.06. The molecule has 9 heterocycles. The summed E-state index contributed by atoms with van der Waals surface area (Å²) in [6.07, 6.45) is 0.828. The third-order valence-corrected chi connectivity index (χ3v) is 18.6. The van der Waals surface area contributed by atoms with Gasteiger partial charge in [0.1, 0.15) is 5.75 Å². The number of nitrogens with zero attached hydrogens (tertiary/aromatic N) is 12. The van der Waals surface area contributed by atoms with E-state index in [-0.39, 0.29) is 72.1 Å². The Morgan fingerprint density at radius 3 is 1.42 bits per heavy atom. The zero-order valence-corrected chi connectivity index (χ0v) is 56.8. The predicted octanol–water partition coefficient (Wildman–Crippen LogP) is 11.8. The van der Waals surface area contributed by atoms with Crippen LogP contribution in [-0.4, -0.2) is 101 Å². The molecule has 518 valence electrons. The Morgan fingerprint density at radius 2 is 0.894 bits per heavy atom. The van der Waals surface area contributed by atoms with Crippen molar-refractivity contribution in [1.29, 1.82) is 0 Å². The van der Waals surface area contributed by atoms with Gasteiger partial charge in [0.05, 0.1) is 103 Å². The van der Waals surface area contributed by atoms with Crippen molar-refractivity contribution in [2.75, 3.05) is 29.7 Å². The summed E-state index contributed by atoms with van der Waals surface area (Å²) in [7, 11) is 1.57. The average molecular weight is 1380 g/mol. The van der Waals surface area contributed by atoms with Crippen LogP contribution in [0.3, 0.4) is 0 Å². The van der Waals surface area contributed by atoms with Gasteiger partial charge in [-0.1, -0.05) is 111 Å². The number of hydrogen-bond acceptors (Lipinski definition) is 15. The van der Waals surface area contributed by atoms with E-state index in [0.29, 0.717) is 78.2 Å². The van der Waals surface area contributed by atoms with Crippen LogP contribution in [-0.2, 0) is 26.2 Å². The second-order valence-corrected chi connectivity index (χ2v) is 25.4. The largest absolute Gasteiger partial charge is 0.497 e. The highest BCUT2D eigenvalue weighted by Gasteiger charge is 2.25. The number of amides is 3. The van der Waals surface area contributed by atoms with Crippen LogP contribution in [0.5, 0.6) is 11.6 Å². The van der Waals surface area contributed by atoms with Crippen LogP contribution in [0.15, 0.2) is 239 Å². The van der Waals surface area contributed by atoms with Crippen molar-refractivity contribution in [2.45, 2.75) is 77.5 Å². The minimum Gasteiger partial charge on any atom is -0.497 e. The number of hydrogen-bond donors (Lipinski definition) is 4. The number of anilines is 3. The van der Waals surface area contributed by atoms with Gasteiger partial charge in [-0.05, 0) is 138 Å². The number of para-hydroxylation sites is 4. The van der Waals surface area contributed by atoms with Crippen molar-refractivity contribution < 1.29 is 29.0 Å². The number of aliphatic hydroxyl groups is 1. The van der Waals surface area contributed by atoms with E-state index >= 15 is 0 Å². The Bertz CT molecular complexity index is 5600. The predicted molar refractivity (Wildman–Crippen MR) is 396 cm³/mol. The molecule has 0 radical (unpaired) electrons. The number of aliphatic hydroxyl groups excluding tert-OH is 1. The Labute approximate surface area is 594 Å². The molecule has 6 aromatic heterocycles. The molecule has 3 aliphatic rings. The molecule has 0 aliphatic carbocycles. The summed E-state index contributed by atoms with van der Waals surface area (Å²) in [6.45, 7) is 5.62. The summed E-state index contributed by atoms with van der Waals surface area (Å²) in [4.78, 5) is 91.7. The average Bonchev–Trinajstić information content (AvgIpc) is 1.49. The lowest BCUT2D eigenvalue weighted by molar-refractivity contribution is 0.101. The zero-order chi connectivity index (χ0) is 71.5. The van der Waals surface area contributed by atoms with Crippen LogP contribution < -0.4 is 42.1 Å². The van der Waals surface area contributed by atoms with E-state index in [0.717, 1.165) is 77.9 Å². The van der Waals surface area contributed by atoms with Crippen molar-refractivity contribution in [2.24, 2.45) is 0 Å². The third-order valence-electron chi connectivity index (χ3n) is 18.6. The second kappa shape index (κ2) is 28.8. The van der Waals surface area contributed by atoms with Gasteiger partial charge < -0.3 is 28.3 Å². The van der Waals surface area contributed by atoms with Gasteiger partial charge in [0.2, 0.25) is 23.7 Å². The Kier molecular flexibility index (Phi) is 18.4. The molecule has 104 heavy (non-hydrogen) atoms. The molecule has 14 aromatic rings. The Hall–Kier alpha value is -13.2. The lowest BCUT2D eigenvalue weighted by atomic mass is 10.0. The number of benzene rings is 8.